The van der Waals surface area contributed by atoms with Gasteiger partial charge in [-0.1, -0.05) is 81.6 Å². The van der Waals surface area contributed by atoms with Crippen molar-refractivity contribution in [3.05, 3.63) is 0 Å². The Balaban J connectivity index is -0.000000145. The number of hydrogen-bond donors (Lipinski definition) is 4. The summed E-state index contributed by atoms with van der Waals surface area (Å²) in [6.45, 7) is 20.1. The topological polar surface area (TPSA) is 101 Å². The van der Waals surface area contributed by atoms with Crippen LogP contribution in [0.4, 0.5) is 0 Å². The lowest BCUT2D eigenvalue weighted by Gasteiger charge is -2.20. The highest BCUT2D eigenvalue weighted by Gasteiger charge is 2.12. The number of hydrogen-bond acceptors (Lipinski definition) is 4. The van der Waals surface area contributed by atoms with Crippen LogP contribution in [0, 0.1) is 0 Å². The summed E-state index contributed by atoms with van der Waals surface area (Å²) < 4.78 is 0. The van der Waals surface area contributed by atoms with Gasteiger partial charge in [-0.3, -0.25) is 10.1 Å². The molecule has 0 aromatic carbocycles. The average Bonchev–Trinajstić information content (AvgIpc) is 2.64. The fourth-order valence-corrected chi connectivity index (χ4v) is 1.91. The molecule has 3 atom stereocenters. The molecule has 0 rings (SSSR count). The third-order valence-corrected chi connectivity index (χ3v) is 2.77. The fourth-order valence-electron chi connectivity index (χ4n) is 1.91. The average molecular weight is 366 g/mol. The molecular formula is C20H51N3O2. The second-order valence-corrected chi connectivity index (χ2v) is 4.67. The first-order valence-electron chi connectivity index (χ1n) is 10.5. The van der Waals surface area contributed by atoms with Gasteiger partial charge < -0.3 is 16.6 Å². The standard InChI is InChI=1S/C12H27N3O2.4C2H6/c1-3-6-10(15-9(2)13)7-4-5-8-11(14)12(16)17;4*1-2/h9-11,15H,3-8,13-14H2,1-2H3,(H,16,17);4*1-2H3. The van der Waals surface area contributed by atoms with Crippen LogP contribution in [0.25, 0.3) is 0 Å². The zero-order valence-corrected chi connectivity index (χ0v) is 19.0. The smallest absolute Gasteiger partial charge is 0.320 e. The number of carboxylic acids is 1. The summed E-state index contributed by atoms with van der Waals surface area (Å²) in [6, 6.07) is -0.290. The Morgan fingerprint density at radius 2 is 1.28 bits per heavy atom. The SMILES string of the molecule is CC.CC.CC.CC.CCCC(CCCCC(N)C(=O)O)NC(C)N. The van der Waals surface area contributed by atoms with Crippen LogP contribution in [-0.2, 0) is 4.79 Å². The van der Waals surface area contributed by atoms with Crippen molar-refractivity contribution >= 4 is 5.97 Å². The highest BCUT2D eigenvalue weighted by molar-refractivity contribution is 5.72. The van der Waals surface area contributed by atoms with Crippen molar-refractivity contribution in [3.63, 3.8) is 0 Å². The van der Waals surface area contributed by atoms with Crippen molar-refractivity contribution in [3.8, 4) is 0 Å². The van der Waals surface area contributed by atoms with Crippen molar-refractivity contribution in [1.29, 1.82) is 0 Å². The molecule has 0 fully saturated rings. The minimum atomic E-state index is -0.913. The first kappa shape index (κ1) is 35.5. The molecule has 5 heteroatoms. The highest BCUT2D eigenvalue weighted by Crippen LogP contribution is 2.09. The number of carboxylic acid groups (broad SMARTS) is 1. The molecule has 25 heavy (non-hydrogen) atoms. The molecule has 0 aliphatic heterocycles. The maximum Gasteiger partial charge on any atom is 0.320 e. The number of nitrogens with one attached hydrogen (secondary N) is 1. The maximum absolute atomic E-state index is 10.5. The Morgan fingerprint density at radius 3 is 1.60 bits per heavy atom. The lowest BCUT2D eigenvalue weighted by atomic mass is 10.0. The molecule has 0 spiro atoms. The van der Waals surface area contributed by atoms with Gasteiger partial charge >= 0.3 is 5.97 Å². The molecule has 0 aromatic rings. The summed E-state index contributed by atoms with van der Waals surface area (Å²) >= 11 is 0. The molecule has 0 amide bonds. The summed E-state index contributed by atoms with van der Waals surface area (Å²) in [5.74, 6) is -0.913. The fraction of sp³-hybridized carbons (Fsp3) is 0.950. The van der Waals surface area contributed by atoms with Gasteiger partial charge in [-0.15, -0.1) is 0 Å². The van der Waals surface area contributed by atoms with Crippen molar-refractivity contribution in [2.45, 2.75) is 126 Å². The third-order valence-electron chi connectivity index (χ3n) is 2.77. The van der Waals surface area contributed by atoms with E-state index in [1.54, 1.807) is 0 Å². The van der Waals surface area contributed by atoms with Crippen LogP contribution in [0.1, 0.15) is 108 Å². The Bertz CT molecular complexity index is 213. The Morgan fingerprint density at radius 1 is 0.880 bits per heavy atom. The molecule has 0 aliphatic carbocycles. The lowest BCUT2D eigenvalue weighted by Crippen LogP contribution is -2.41. The van der Waals surface area contributed by atoms with Gasteiger partial charge in [0.25, 0.3) is 0 Å². The summed E-state index contributed by atoms with van der Waals surface area (Å²) in [4.78, 5) is 10.5. The molecule has 0 bridgehead atoms. The first-order valence-corrected chi connectivity index (χ1v) is 10.5. The number of aliphatic carboxylic acids is 1. The zero-order chi connectivity index (χ0) is 21.3. The molecule has 158 valence electrons. The van der Waals surface area contributed by atoms with Gasteiger partial charge in [0.15, 0.2) is 0 Å². The van der Waals surface area contributed by atoms with Crippen LogP contribution in [0.5, 0.6) is 0 Å². The Labute approximate surface area is 159 Å². The molecule has 0 aliphatic rings. The summed E-state index contributed by atoms with van der Waals surface area (Å²) in [5, 5.41) is 12.0. The summed E-state index contributed by atoms with van der Waals surface area (Å²) in [6.07, 6.45) is 5.66. The van der Waals surface area contributed by atoms with Gasteiger partial charge in [-0.25, -0.2) is 0 Å². The third kappa shape index (κ3) is 35.4. The minimum Gasteiger partial charge on any atom is -0.480 e. The van der Waals surface area contributed by atoms with E-state index in [4.69, 9.17) is 16.6 Å². The van der Waals surface area contributed by atoms with Crippen LogP contribution >= 0.6 is 0 Å². The lowest BCUT2D eigenvalue weighted by molar-refractivity contribution is -0.138. The van der Waals surface area contributed by atoms with Crippen LogP contribution in [0.15, 0.2) is 0 Å². The van der Waals surface area contributed by atoms with Gasteiger partial charge in [0.1, 0.15) is 6.04 Å². The molecule has 0 saturated heterocycles. The number of nitrogens with two attached hydrogens (primary N) is 2. The summed E-state index contributed by atoms with van der Waals surface area (Å²) in [5.41, 5.74) is 11.1. The van der Waals surface area contributed by atoms with E-state index in [0.29, 0.717) is 12.5 Å². The van der Waals surface area contributed by atoms with Gasteiger partial charge in [0.2, 0.25) is 0 Å². The molecule has 0 heterocycles. The van der Waals surface area contributed by atoms with Crippen LogP contribution < -0.4 is 16.8 Å². The largest absolute Gasteiger partial charge is 0.480 e. The minimum absolute atomic E-state index is 0.00725. The van der Waals surface area contributed by atoms with Crippen molar-refractivity contribution < 1.29 is 9.90 Å². The maximum atomic E-state index is 10.5. The predicted molar refractivity (Wildman–Crippen MR) is 115 cm³/mol. The molecule has 0 aromatic heterocycles. The van der Waals surface area contributed by atoms with Crippen molar-refractivity contribution in [1.82, 2.24) is 5.32 Å². The predicted octanol–water partition coefficient (Wildman–Crippen LogP) is 5.13. The first-order chi connectivity index (χ1) is 12.0. The summed E-state index contributed by atoms with van der Waals surface area (Å²) in [7, 11) is 0. The molecule has 0 saturated carbocycles. The monoisotopic (exact) mass is 365 g/mol. The Kier molecular flexibility index (Phi) is 49.1. The van der Waals surface area contributed by atoms with Gasteiger partial charge in [-0.2, -0.15) is 0 Å². The van der Waals surface area contributed by atoms with E-state index in [9.17, 15) is 4.79 Å². The van der Waals surface area contributed by atoms with Gasteiger partial charge in [0.05, 0.1) is 6.17 Å². The zero-order valence-electron chi connectivity index (χ0n) is 19.0. The van der Waals surface area contributed by atoms with E-state index in [2.05, 4.69) is 12.2 Å². The molecule has 5 nitrogen and oxygen atoms in total. The number of carbonyl (C=O) groups is 1. The van der Waals surface area contributed by atoms with Gasteiger partial charge in [0, 0.05) is 6.04 Å². The van der Waals surface area contributed by atoms with E-state index in [1.165, 1.54) is 0 Å². The van der Waals surface area contributed by atoms with Gasteiger partial charge in [-0.05, 0) is 26.2 Å². The Hall–Kier alpha value is -0.650. The van der Waals surface area contributed by atoms with E-state index >= 15 is 0 Å². The number of rotatable bonds is 10. The van der Waals surface area contributed by atoms with Crippen LogP contribution in [0.2, 0.25) is 0 Å². The van der Waals surface area contributed by atoms with E-state index in [0.717, 1.165) is 32.1 Å². The van der Waals surface area contributed by atoms with Crippen LogP contribution in [0.3, 0.4) is 0 Å². The number of unbranched alkanes of at least 4 members (excludes halogenated alkanes) is 1. The van der Waals surface area contributed by atoms with Crippen LogP contribution in [-0.4, -0.2) is 29.3 Å². The molecular weight excluding hydrogens is 314 g/mol. The molecule has 6 N–H and O–H groups in total. The second kappa shape index (κ2) is 34.6. The van der Waals surface area contributed by atoms with E-state index < -0.39 is 12.0 Å². The quantitative estimate of drug-likeness (QED) is 0.318. The highest BCUT2D eigenvalue weighted by atomic mass is 16.4. The molecule has 3 unspecified atom stereocenters. The van der Waals surface area contributed by atoms with E-state index in [1.807, 2.05) is 62.3 Å². The van der Waals surface area contributed by atoms with Crippen molar-refractivity contribution in [2.24, 2.45) is 11.5 Å². The van der Waals surface area contributed by atoms with Crippen molar-refractivity contribution in [2.75, 3.05) is 0 Å². The second-order valence-electron chi connectivity index (χ2n) is 4.67. The van der Waals surface area contributed by atoms with E-state index in [-0.39, 0.29) is 6.17 Å². The molecule has 0 radical (unpaired) electrons. The normalized spacial score (nSPS) is 12.2.